The van der Waals surface area contributed by atoms with Crippen LogP contribution in [0.5, 0.6) is 0 Å². The smallest absolute Gasteiger partial charge is 0.326 e. The van der Waals surface area contributed by atoms with Crippen LogP contribution < -0.4 is 10.0 Å². The standard InChI is InChI=1S/C11H20N2O5S/c1-5-6-7-8(9(14)15)12-10(16)11(2,3)13-19(4,17)18/h5-6,8,13H,7H2,1-4H3,(H,12,16)(H,14,15)/b6-5+. The Hall–Kier alpha value is -1.41. The summed E-state index contributed by atoms with van der Waals surface area (Å²) in [6.07, 6.45) is 4.33. The van der Waals surface area contributed by atoms with Crippen LogP contribution in [0, 0.1) is 0 Å². The highest BCUT2D eigenvalue weighted by atomic mass is 32.2. The number of carboxylic acid groups (broad SMARTS) is 1. The third-order valence-corrected chi connectivity index (χ3v) is 3.10. The molecule has 0 aliphatic carbocycles. The number of allylic oxidation sites excluding steroid dienone is 1. The molecule has 19 heavy (non-hydrogen) atoms. The number of aliphatic carboxylic acids is 1. The van der Waals surface area contributed by atoms with Crippen LogP contribution >= 0.6 is 0 Å². The molecule has 0 aromatic heterocycles. The molecular formula is C11H20N2O5S. The number of amides is 1. The molecule has 0 spiro atoms. The summed E-state index contributed by atoms with van der Waals surface area (Å²) in [6, 6.07) is -1.09. The van der Waals surface area contributed by atoms with Gasteiger partial charge in [0.1, 0.15) is 11.6 Å². The van der Waals surface area contributed by atoms with E-state index in [1.807, 2.05) is 0 Å². The van der Waals surface area contributed by atoms with Crippen LogP contribution in [0.15, 0.2) is 12.2 Å². The van der Waals surface area contributed by atoms with Crippen LogP contribution in [0.3, 0.4) is 0 Å². The largest absolute Gasteiger partial charge is 0.480 e. The van der Waals surface area contributed by atoms with Crippen molar-refractivity contribution in [3.63, 3.8) is 0 Å². The fourth-order valence-corrected chi connectivity index (χ4v) is 2.36. The van der Waals surface area contributed by atoms with E-state index in [9.17, 15) is 18.0 Å². The highest BCUT2D eigenvalue weighted by Crippen LogP contribution is 2.06. The maximum absolute atomic E-state index is 11.9. The Morgan fingerprint density at radius 2 is 1.89 bits per heavy atom. The van der Waals surface area contributed by atoms with Crippen molar-refractivity contribution in [1.29, 1.82) is 0 Å². The third kappa shape index (κ3) is 6.92. The van der Waals surface area contributed by atoms with E-state index >= 15 is 0 Å². The summed E-state index contributed by atoms with van der Waals surface area (Å²) in [6.45, 7) is 4.45. The van der Waals surface area contributed by atoms with Crippen molar-refractivity contribution in [2.75, 3.05) is 6.26 Å². The molecule has 0 bridgehead atoms. The number of nitrogens with one attached hydrogen (secondary N) is 2. The number of carboxylic acids is 1. The molecule has 1 unspecified atom stereocenters. The molecule has 0 saturated carbocycles. The van der Waals surface area contributed by atoms with Crippen molar-refractivity contribution in [3.8, 4) is 0 Å². The van der Waals surface area contributed by atoms with Gasteiger partial charge in [-0.2, -0.15) is 0 Å². The number of hydrogen-bond donors (Lipinski definition) is 3. The van der Waals surface area contributed by atoms with Gasteiger partial charge in [0, 0.05) is 0 Å². The molecule has 0 aromatic carbocycles. The molecule has 3 N–H and O–H groups in total. The molecule has 7 nitrogen and oxygen atoms in total. The van der Waals surface area contributed by atoms with Gasteiger partial charge in [0.25, 0.3) is 0 Å². The Balaban J connectivity index is 4.85. The summed E-state index contributed by atoms with van der Waals surface area (Å²) in [4.78, 5) is 22.9. The van der Waals surface area contributed by atoms with Crippen molar-refractivity contribution in [2.24, 2.45) is 0 Å². The Morgan fingerprint density at radius 3 is 2.26 bits per heavy atom. The topological polar surface area (TPSA) is 113 Å². The van der Waals surface area contributed by atoms with Gasteiger partial charge in [0.2, 0.25) is 15.9 Å². The van der Waals surface area contributed by atoms with Crippen LogP contribution in [0.25, 0.3) is 0 Å². The first-order chi connectivity index (χ1) is 8.49. The molecule has 0 aliphatic heterocycles. The van der Waals surface area contributed by atoms with E-state index in [1.54, 1.807) is 19.1 Å². The summed E-state index contributed by atoms with van der Waals surface area (Å²) in [5.41, 5.74) is -1.42. The molecule has 0 aliphatic rings. The predicted molar refractivity (Wildman–Crippen MR) is 71.1 cm³/mol. The van der Waals surface area contributed by atoms with Gasteiger partial charge in [-0.15, -0.1) is 0 Å². The predicted octanol–water partition coefficient (Wildman–Crippen LogP) is -0.150. The maximum Gasteiger partial charge on any atom is 0.326 e. The first-order valence-corrected chi connectivity index (χ1v) is 7.52. The van der Waals surface area contributed by atoms with Gasteiger partial charge in [0.05, 0.1) is 6.26 Å². The second-order valence-electron chi connectivity index (χ2n) is 4.67. The monoisotopic (exact) mass is 292 g/mol. The zero-order valence-corrected chi connectivity index (χ0v) is 12.2. The molecule has 0 aromatic rings. The van der Waals surface area contributed by atoms with Crippen LogP contribution in [0.2, 0.25) is 0 Å². The average Bonchev–Trinajstić information content (AvgIpc) is 2.19. The number of carbonyl (C=O) groups is 2. The van der Waals surface area contributed by atoms with Gasteiger partial charge < -0.3 is 10.4 Å². The highest BCUT2D eigenvalue weighted by Gasteiger charge is 2.33. The molecule has 0 radical (unpaired) electrons. The zero-order valence-electron chi connectivity index (χ0n) is 11.4. The number of carbonyl (C=O) groups excluding carboxylic acids is 1. The molecule has 0 heterocycles. The van der Waals surface area contributed by atoms with Gasteiger partial charge in [-0.1, -0.05) is 12.2 Å². The van der Waals surface area contributed by atoms with Crippen molar-refractivity contribution in [2.45, 2.75) is 38.8 Å². The first kappa shape index (κ1) is 17.6. The molecule has 8 heteroatoms. The van der Waals surface area contributed by atoms with Crippen LogP contribution in [-0.4, -0.2) is 43.2 Å². The van der Waals surface area contributed by atoms with Crippen molar-refractivity contribution in [3.05, 3.63) is 12.2 Å². The van der Waals surface area contributed by atoms with Crippen molar-refractivity contribution < 1.29 is 23.1 Å². The maximum atomic E-state index is 11.9. The van der Waals surface area contributed by atoms with Gasteiger partial charge in [-0.25, -0.2) is 17.9 Å². The average molecular weight is 292 g/mol. The van der Waals surface area contributed by atoms with Gasteiger partial charge in [0.15, 0.2) is 0 Å². The molecule has 110 valence electrons. The van der Waals surface area contributed by atoms with Gasteiger partial charge in [-0.3, -0.25) is 4.79 Å². The van der Waals surface area contributed by atoms with E-state index in [1.165, 1.54) is 13.8 Å². The lowest BCUT2D eigenvalue weighted by Crippen LogP contribution is -2.57. The quantitative estimate of drug-likeness (QED) is 0.565. The minimum absolute atomic E-state index is 0.131. The second kappa shape index (κ2) is 6.67. The van der Waals surface area contributed by atoms with E-state index in [0.29, 0.717) is 0 Å². The van der Waals surface area contributed by atoms with E-state index in [4.69, 9.17) is 5.11 Å². The lowest BCUT2D eigenvalue weighted by atomic mass is 10.1. The van der Waals surface area contributed by atoms with Crippen LogP contribution in [0.1, 0.15) is 27.2 Å². The summed E-state index contributed by atoms with van der Waals surface area (Å²) in [5.74, 6) is -1.88. The fraction of sp³-hybridized carbons (Fsp3) is 0.636. The lowest BCUT2D eigenvalue weighted by Gasteiger charge is -2.25. The Kier molecular flexibility index (Phi) is 6.17. The van der Waals surface area contributed by atoms with E-state index in [-0.39, 0.29) is 6.42 Å². The Bertz CT molecular complexity index is 467. The lowest BCUT2D eigenvalue weighted by molar-refractivity contribution is -0.142. The van der Waals surface area contributed by atoms with E-state index in [2.05, 4.69) is 10.0 Å². The summed E-state index contributed by atoms with van der Waals surface area (Å²) >= 11 is 0. The first-order valence-electron chi connectivity index (χ1n) is 5.63. The minimum Gasteiger partial charge on any atom is -0.480 e. The normalized spacial score (nSPS) is 14.3. The Labute approximate surface area is 113 Å². The molecule has 0 rings (SSSR count). The highest BCUT2D eigenvalue weighted by molar-refractivity contribution is 7.88. The van der Waals surface area contributed by atoms with Gasteiger partial charge >= 0.3 is 5.97 Å². The molecule has 0 saturated heterocycles. The van der Waals surface area contributed by atoms with E-state index < -0.39 is 33.5 Å². The fourth-order valence-electron chi connectivity index (χ4n) is 1.34. The van der Waals surface area contributed by atoms with Crippen LogP contribution in [0.4, 0.5) is 0 Å². The summed E-state index contributed by atoms with van der Waals surface area (Å²) in [5, 5.41) is 11.3. The number of hydrogen-bond acceptors (Lipinski definition) is 4. The van der Waals surface area contributed by atoms with Crippen LogP contribution in [-0.2, 0) is 19.6 Å². The third-order valence-electron chi connectivity index (χ3n) is 2.22. The van der Waals surface area contributed by atoms with Crippen molar-refractivity contribution >= 4 is 21.9 Å². The zero-order chi connectivity index (χ0) is 15.3. The molecule has 0 fully saturated rings. The van der Waals surface area contributed by atoms with Gasteiger partial charge in [-0.05, 0) is 27.2 Å². The Morgan fingerprint density at radius 1 is 1.37 bits per heavy atom. The number of rotatable bonds is 7. The molecular weight excluding hydrogens is 272 g/mol. The van der Waals surface area contributed by atoms with E-state index in [0.717, 1.165) is 6.26 Å². The van der Waals surface area contributed by atoms with Crippen molar-refractivity contribution in [1.82, 2.24) is 10.0 Å². The minimum atomic E-state index is -3.57. The SMILES string of the molecule is C/C=C/CC(NC(=O)C(C)(C)NS(C)(=O)=O)C(=O)O. The molecule has 1 atom stereocenters. The summed E-state index contributed by atoms with van der Waals surface area (Å²) in [7, 11) is -3.57. The summed E-state index contributed by atoms with van der Waals surface area (Å²) < 4.78 is 24.4. The molecule has 1 amide bonds. The number of sulfonamides is 1. The second-order valence-corrected chi connectivity index (χ2v) is 6.42.